The van der Waals surface area contributed by atoms with Crippen LogP contribution in [0.3, 0.4) is 0 Å². The zero-order valence-corrected chi connectivity index (χ0v) is 11.7. The molecular formula is C16H15N5. The van der Waals surface area contributed by atoms with Crippen LogP contribution >= 0.6 is 0 Å². The van der Waals surface area contributed by atoms with Crippen molar-refractivity contribution in [2.45, 2.75) is 19.9 Å². The molecule has 0 saturated heterocycles. The number of aryl methyl sites for hydroxylation is 1. The second kappa shape index (κ2) is 4.70. The fourth-order valence-corrected chi connectivity index (χ4v) is 2.72. The first-order valence-electron chi connectivity index (χ1n) is 7.06. The third-order valence-electron chi connectivity index (χ3n) is 3.83. The van der Waals surface area contributed by atoms with E-state index in [0.29, 0.717) is 0 Å². The minimum absolute atomic E-state index is 0.783. The maximum Gasteiger partial charge on any atom is 0.143 e. The van der Waals surface area contributed by atoms with Crippen molar-refractivity contribution in [2.75, 3.05) is 5.32 Å². The van der Waals surface area contributed by atoms with Crippen molar-refractivity contribution < 1.29 is 0 Å². The van der Waals surface area contributed by atoms with Gasteiger partial charge in [-0.1, -0.05) is 13.0 Å². The minimum Gasteiger partial charge on any atom is -0.346 e. The molecule has 5 heteroatoms. The molecule has 0 unspecified atom stereocenters. The number of aromatic nitrogens is 3. The van der Waals surface area contributed by atoms with Crippen LogP contribution in [0.25, 0.3) is 11.0 Å². The monoisotopic (exact) mass is 277 g/mol. The molecule has 5 nitrogen and oxygen atoms in total. The third kappa shape index (κ3) is 1.98. The summed E-state index contributed by atoms with van der Waals surface area (Å²) in [5.74, 6) is 0.841. The number of H-pyrrole nitrogens is 1. The fourth-order valence-electron chi connectivity index (χ4n) is 2.72. The Morgan fingerprint density at radius 1 is 1.29 bits per heavy atom. The van der Waals surface area contributed by atoms with E-state index in [4.69, 9.17) is 0 Å². The first-order valence-corrected chi connectivity index (χ1v) is 7.06. The Hall–Kier alpha value is -2.69. The van der Waals surface area contributed by atoms with Crippen LogP contribution in [0.4, 0.5) is 11.5 Å². The largest absolute Gasteiger partial charge is 0.346 e. The van der Waals surface area contributed by atoms with Crippen molar-refractivity contribution >= 4 is 28.8 Å². The highest BCUT2D eigenvalue weighted by atomic mass is 15.0. The predicted octanol–water partition coefficient (Wildman–Crippen LogP) is 3.20. The number of benzene rings is 1. The maximum atomic E-state index is 4.40. The van der Waals surface area contributed by atoms with Gasteiger partial charge in [0.15, 0.2) is 0 Å². The summed E-state index contributed by atoms with van der Waals surface area (Å²) in [6.07, 6.45) is 6.44. The highest BCUT2D eigenvalue weighted by molar-refractivity contribution is 5.93. The summed E-state index contributed by atoms with van der Waals surface area (Å²) in [5, 5.41) is 4.47. The van der Waals surface area contributed by atoms with E-state index in [0.717, 1.165) is 35.5 Å². The standard InChI is InChI=1S/C16H15N5/c1-2-10-8-18-15-14(10)16(20-9-19-15)21-13-4-3-11-6-17-7-12(11)5-13/h3-5,7-9H,2,6H2,1H3,(H2,18,19,20,21). The molecule has 0 aliphatic carbocycles. The lowest BCUT2D eigenvalue weighted by molar-refractivity contribution is 1.11. The Bertz CT molecular complexity index is 847. The van der Waals surface area contributed by atoms with Gasteiger partial charge < -0.3 is 10.3 Å². The topological polar surface area (TPSA) is 66.0 Å². The smallest absolute Gasteiger partial charge is 0.143 e. The predicted molar refractivity (Wildman–Crippen MR) is 84.3 cm³/mol. The van der Waals surface area contributed by atoms with Gasteiger partial charge in [0.2, 0.25) is 0 Å². The number of aliphatic imine (C=N–C) groups is 1. The Morgan fingerprint density at radius 3 is 3.14 bits per heavy atom. The van der Waals surface area contributed by atoms with E-state index in [1.165, 1.54) is 16.7 Å². The molecule has 2 aromatic heterocycles. The van der Waals surface area contributed by atoms with Crippen LogP contribution in [-0.4, -0.2) is 21.2 Å². The van der Waals surface area contributed by atoms with E-state index in [1.54, 1.807) is 6.33 Å². The zero-order valence-electron chi connectivity index (χ0n) is 11.7. The van der Waals surface area contributed by atoms with Gasteiger partial charge in [-0.3, -0.25) is 4.99 Å². The average Bonchev–Trinajstić information content (AvgIpc) is 3.13. The van der Waals surface area contributed by atoms with Crippen LogP contribution < -0.4 is 5.32 Å². The van der Waals surface area contributed by atoms with Crippen molar-refractivity contribution in [1.29, 1.82) is 0 Å². The molecule has 3 heterocycles. The SMILES string of the molecule is CCc1c[nH]c2ncnc(Nc3ccc4c(c3)C=NC4)c12. The Labute approximate surface area is 122 Å². The second-order valence-electron chi connectivity index (χ2n) is 5.12. The second-order valence-corrected chi connectivity index (χ2v) is 5.12. The Morgan fingerprint density at radius 2 is 2.24 bits per heavy atom. The van der Waals surface area contributed by atoms with E-state index < -0.39 is 0 Å². The molecule has 1 aliphatic heterocycles. The molecule has 104 valence electrons. The van der Waals surface area contributed by atoms with Gasteiger partial charge in [-0.25, -0.2) is 9.97 Å². The minimum atomic E-state index is 0.783. The van der Waals surface area contributed by atoms with Gasteiger partial charge >= 0.3 is 0 Å². The molecule has 0 radical (unpaired) electrons. The summed E-state index contributed by atoms with van der Waals surface area (Å²) < 4.78 is 0. The number of hydrogen-bond donors (Lipinski definition) is 2. The molecule has 0 spiro atoms. The van der Waals surface area contributed by atoms with Gasteiger partial charge in [-0.05, 0) is 35.2 Å². The van der Waals surface area contributed by atoms with E-state index in [1.807, 2.05) is 12.4 Å². The molecular weight excluding hydrogens is 262 g/mol. The number of fused-ring (bicyclic) bond motifs is 2. The van der Waals surface area contributed by atoms with Gasteiger partial charge in [-0.15, -0.1) is 0 Å². The number of rotatable bonds is 3. The molecule has 2 N–H and O–H groups in total. The Kier molecular flexibility index (Phi) is 2.70. The van der Waals surface area contributed by atoms with Crippen molar-refractivity contribution in [3.05, 3.63) is 47.4 Å². The van der Waals surface area contributed by atoms with Gasteiger partial charge in [0.1, 0.15) is 17.8 Å². The molecule has 0 amide bonds. The lowest BCUT2D eigenvalue weighted by atomic mass is 10.1. The van der Waals surface area contributed by atoms with E-state index >= 15 is 0 Å². The van der Waals surface area contributed by atoms with Crippen molar-refractivity contribution in [3.63, 3.8) is 0 Å². The summed E-state index contributed by atoms with van der Waals surface area (Å²) in [6, 6.07) is 6.29. The van der Waals surface area contributed by atoms with E-state index in [9.17, 15) is 0 Å². The first-order chi connectivity index (χ1) is 10.3. The average molecular weight is 277 g/mol. The zero-order chi connectivity index (χ0) is 14.2. The lowest BCUT2D eigenvalue weighted by Gasteiger charge is -2.09. The molecule has 21 heavy (non-hydrogen) atoms. The van der Waals surface area contributed by atoms with Crippen molar-refractivity contribution in [1.82, 2.24) is 15.0 Å². The highest BCUT2D eigenvalue weighted by Gasteiger charge is 2.11. The molecule has 0 atom stereocenters. The Balaban J connectivity index is 1.77. The van der Waals surface area contributed by atoms with Crippen molar-refractivity contribution in [2.24, 2.45) is 4.99 Å². The van der Waals surface area contributed by atoms with Crippen molar-refractivity contribution in [3.8, 4) is 0 Å². The van der Waals surface area contributed by atoms with Crippen LogP contribution in [0, 0.1) is 0 Å². The number of hydrogen-bond acceptors (Lipinski definition) is 4. The number of nitrogens with zero attached hydrogens (tertiary/aromatic N) is 3. The number of anilines is 2. The first kappa shape index (κ1) is 12.1. The van der Waals surface area contributed by atoms with Crippen LogP contribution in [0.1, 0.15) is 23.6 Å². The third-order valence-corrected chi connectivity index (χ3v) is 3.83. The van der Waals surface area contributed by atoms with E-state index in [-0.39, 0.29) is 0 Å². The molecule has 4 rings (SSSR count). The summed E-state index contributed by atoms with van der Waals surface area (Å²) in [5.41, 5.74) is 5.55. The van der Waals surface area contributed by atoms with Crippen LogP contribution in [0.15, 0.2) is 35.7 Å². The highest BCUT2D eigenvalue weighted by Crippen LogP contribution is 2.27. The summed E-state index contributed by atoms with van der Waals surface area (Å²) in [7, 11) is 0. The van der Waals surface area contributed by atoms with Gasteiger partial charge in [0.25, 0.3) is 0 Å². The fraction of sp³-hybridized carbons (Fsp3) is 0.188. The van der Waals surface area contributed by atoms with Gasteiger partial charge in [0, 0.05) is 18.1 Å². The molecule has 3 aromatic rings. The van der Waals surface area contributed by atoms with Gasteiger partial charge in [-0.2, -0.15) is 0 Å². The lowest BCUT2D eigenvalue weighted by Crippen LogP contribution is -1.97. The number of nitrogens with one attached hydrogen (secondary N) is 2. The van der Waals surface area contributed by atoms with Crippen LogP contribution in [0.2, 0.25) is 0 Å². The normalized spacial score (nSPS) is 12.8. The summed E-state index contributed by atoms with van der Waals surface area (Å²) >= 11 is 0. The van der Waals surface area contributed by atoms with Crippen LogP contribution in [0.5, 0.6) is 0 Å². The molecule has 0 bridgehead atoms. The maximum absolute atomic E-state index is 4.40. The molecule has 1 aliphatic rings. The molecule has 0 fully saturated rings. The van der Waals surface area contributed by atoms with Crippen LogP contribution in [-0.2, 0) is 13.0 Å². The molecule has 1 aromatic carbocycles. The quantitative estimate of drug-likeness (QED) is 0.772. The van der Waals surface area contributed by atoms with E-state index in [2.05, 4.69) is 50.4 Å². The summed E-state index contributed by atoms with van der Waals surface area (Å²) in [6.45, 7) is 2.91. The van der Waals surface area contributed by atoms with Gasteiger partial charge in [0.05, 0.1) is 11.9 Å². The summed E-state index contributed by atoms with van der Waals surface area (Å²) in [4.78, 5) is 16.2. The number of aromatic amines is 1. The molecule has 0 saturated carbocycles.